The van der Waals surface area contributed by atoms with Crippen molar-refractivity contribution < 1.29 is 14.4 Å². The van der Waals surface area contributed by atoms with Crippen LogP contribution in [-0.2, 0) is 14.4 Å². The Morgan fingerprint density at radius 3 is 2.38 bits per heavy atom. The van der Waals surface area contributed by atoms with Crippen molar-refractivity contribution in [2.24, 2.45) is 5.41 Å². The summed E-state index contributed by atoms with van der Waals surface area (Å²) >= 11 is 1.60. The highest BCUT2D eigenvalue weighted by Crippen LogP contribution is 2.30. The topological polar surface area (TPSA) is 174 Å². The minimum absolute atomic E-state index is 0.168. The fraction of sp³-hybridized carbons (Fsp3) is 0.370. The number of hydrogen-bond acceptors (Lipinski definition) is 10. The van der Waals surface area contributed by atoms with Crippen LogP contribution < -0.4 is 15.5 Å². The van der Waals surface area contributed by atoms with Crippen molar-refractivity contribution in [3.05, 3.63) is 107 Å². The van der Waals surface area contributed by atoms with E-state index in [1.165, 1.54) is 6.21 Å². The molecule has 2 aromatic heterocycles. The lowest BCUT2D eigenvalue weighted by molar-refractivity contribution is -0.144. The molecule has 0 bridgehead atoms. The predicted octanol–water partition coefficient (Wildman–Crippen LogP) is 6.62. The average molecular weight is 827 g/mol. The number of fused-ring (bicyclic) bond motifs is 1. The van der Waals surface area contributed by atoms with Gasteiger partial charge in [-0.15, -0.1) is 11.3 Å². The summed E-state index contributed by atoms with van der Waals surface area (Å²) in [6.45, 7) is 13.2. The molecular weight excluding hydrogens is 773 g/mol. The van der Waals surface area contributed by atoms with Gasteiger partial charge in [0.15, 0.2) is 0 Å². The molecule has 0 radical (unpaired) electrons. The number of para-hydroxylation sites is 1. The molecule has 3 amide bonds. The molecule has 2 aliphatic rings. The van der Waals surface area contributed by atoms with Gasteiger partial charge in [-0.25, -0.2) is 4.98 Å². The van der Waals surface area contributed by atoms with Crippen molar-refractivity contribution in [3.8, 4) is 10.4 Å². The summed E-state index contributed by atoms with van der Waals surface area (Å²) in [6, 6.07) is 20.2. The van der Waals surface area contributed by atoms with Crippen LogP contribution in [0.15, 0.2) is 84.5 Å². The lowest BCUT2D eigenvalue weighted by Crippen LogP contribution is -2.59. The summed E-state index contributed by atoms with van der Waals surface area (Å²) in [6.07, 6.45) is 5.99. The summed E-state index contributed by atoms with van der Waals surface area (Å²) < 4.78 is 0. The number of likely N-dealkylation sites (tertiary alicyclic amines) is 1. The first-order chi connectivity index (χ1) is 28.8. The second kappa shape index (κ2) is 18.1. The van der Waals surface area contributed by atoms with E-state index >= 15 is 0 Å². The Balaban J connectivity index is 0.911. The molecule has 5 aromatic rings. The maximum atomic E-state index is 14.2. The highest BCUT2D eigenvalue weighted by Gasteiger charge is 2.42. The van der Waals surface area contributed by atoms with Gasteiger partial charge in [-0.3, -0.25) is 24.4 Å². The lowest BCUT2D eigenvalue weighted by atomic mass is 9.85. The maximum absolute atomic E-state index is 14.2. The molecule has 2 aliphatic heterocycles. The van der Waals surface area contributed by atoms with Gasteiger partial charge in [0.2, 0.25) is 17.7 Å². The summed E-state index contributed by atoms with van der Waals surface area (Å²) in [5.74, 6) is -0.632. The normalized spacial score (nSPS) is 17.4. The largest absolute Gasteiger partial charge is 0.369 e. The monoisotopic (exact) mass is 826 g/mol. The first kappa shape index (κ1) is 42.1. The van der Waals surface area contributed by atoms with Gasteiger partial charge in [-0.05, 0) is 67.0 Å². The van der Waals surface area contributed by atoms with Gasteiger partial charge in [0.1, 0.15) is 12.1 Å². The Bertz CT molecular complexity index is 2390. The molecule has 14 heteroatoms. The molecule has 13 nitrogen and oxygen atoms in total. The minimum Gasteiger partial charge on any atom is -0.369 e. The van der Waals surface area contributed by atoms with E-state index in [4.69, 9.17) is 10.8 Å². The molecule has 60 heavy (non-hydrogen) atoms. The molecule has 3 aromatic carbocycles. The van der Waals surface area contributed by atoms with Crippen LogP contribution in [0.1, 0.15) is 69.0 Å². The molecule has 0 spiro atoms. The molecule has 4 heterocycles. The number of nitrogens with one attached hydrogen (secondary N) is 5. The molecule has 5 N–H and O–H groups in total. The Morgan fingerprint density at radius 2 is 1.72 bits per heavy atom. The fourth-order valence-corrected chi connectivity index (χ4v) is 8.90. The van der Waals surface area contributed by atoms with Crippen molar-refractivity contribution in [2.75, 3.05) is 44.2 Å². The van der Waals surface area contributed by atoms with Gasteiger partial charge in [0, 0.05) is 61.1 Å². The number of H-pyrrole nitrogens is 1. The van der Waals surface area contributed by atoms with Crippen molar-refractivity contribution in [1.29, 1.82) is 10.8 Å². The molecular formula is C46H54N10O3S. The van der Waals surface area contributed by atoms with Crippen molar-refractivity contribution in [1.82, 2.24) is 35.6 Å². The molecule has 1 unspecified atom stereocenters. The molecule has 2 fully saturated rings. The third-order valence-electron chi connectivity index (χ3n) is 11.6. The number of amides is 3. The highest BCUT2D eigenvalue weighted by atomic mass is 32.1. The zero-order chi connectivity index (χ0) is 42.6. The summed E-state index contributed by atoms with van der Waals surface area (Å²) in [4.78, 5) is 52.9. The van der Waals surface area contributed by atoms with Crippen LogP contribution in [0.25, 0.3) is 26.9 Å². The zero-order valence-electron chi connectivity index (χ0n) is 34.9. The summed E-state index contributed by atoms with van der Waals surface area (Å²) in [7, 11) is 0. The molecule has 3 atom stereocenters. The van der Waals surface area contributed by atoms with Crippen LogP contribution in [0.2, 0.25) is 0 Å². The number of anilines is 1. The number of aryl methyl sites for hydroxylation is 1. The van der Waals surface area contributed by atoms with Gasteiger partial charge >= 0.3 is 0 Å². The number of rotatable bonds is 13. The predicted molar refractivity (Wildman–Crippen MR) is 240 cm³/mol. The number of piperazine rings is 1. The van der Waals surface area contributed by atoms with Crippen LogP contribution in [0, 0.1) is 23.2 Å². The first-order valence-corrected chi connectivity index (χ1v) is 21.4. The number of benzene rings is 3. The Kier molecular flexibility index (Phi) is 12.7. The second-order valence-electron chi connectivity index (χ2n) is 16.8. The Labute approximate surface area is 355 Å². The number of aromatic amines is 1. The third-order valence-corrected chi connectivity index (χ3v) is 12.5. The number of hydrogen-bond donors (Lipinski definition) is 5. The SMILES string of the molecule is Cc1ncsc1-c1ccc([C@H](C)NC(=O)[C@@H]2CCCN2C(=O)C(NC(=O)CN2CCN(c3ccc(/C(C=N)=C/C(=N)c4cccc5cn[nH]c45)cc3)CC2)C(C)(C)C)cc1. The van der Waals surface area contributed by atoms with E-state index in [2.05, 4.69) is 47.7 Å². The number of nitrogens with zero attached hydrogens (tertiary/aromatic N) is 5. The van der Waals surface area contributed by atoms with Crippen molar-refractivity contribution in [2.45, 2.75) is 65.6 Å². The third kappa shape index (κ3) is 9.40. The standard InChI is InChI=1S/C46H54N10O3S/c1-29(31-11-13-33(14-12-31)42-30(2)49-28-60-42)51-44(58)39-10-7-19-56(39)45(59)43(46(3,4)5)52-40(57)27-54-20-22-55(23-21-54)36-17-15-32(16-18-36)35(25-47)24-38(48)37-9-6-8-34-26-50-53-41(34)37/h6,8-9,11-18,24-26,28-29,39,43,47-48H,7,10,19-23,27H2,1-5H3,(H,50,53)(H,51,58)(H,52,57)/b35-24+,47-25?,48-38?/t29-,39-,43?/m0/s1. The number of thiazole rings is 1. The molecule has 0 aliphatic carbocycles. The van der Waals surface area contributed by atoms with E-state index in [0.717, 1.165) is 62.5 Å². The summed E-state index contributed by atoms with van der Waals surface area (Å²) in [5.41, 5.74) is 8.64. The van der Waals surface area contributed by atoms with Crippen LogP contribution in [-0.4, -0.2) is 106 Å². The van der Waals surface area contributed by atoms with E-state index < -0.39 is 17.5 Å². The quantitative estimate of drug-likeness (QED) is 0.0830. The van der Waals surface area contributed by atoms with Gasteiger partial charge in [0.25, 0.3) is 0 Å². The first-order valence-electron chi connectivity index (χ1n) is 20.5. The fourth-order valence-electron chi connectivity index (χ4n) is 8.09. The van der Waals surface area contributed by atoms with Gasteiger partial charge in [-0.2, -0.15) is 5.10 Å². The zero-order valence-corrected chi connectivity index (χ0v) is 35.7. The van der Waals surface area contributed by atoms with Crippen molar-refractivity contribution in [3.63, 3.8) is 0 Å². The van der Waals surface area contributed by atoms with Gasteiger partial charge in [0.05, 0.1) is 46.1 Å². The molecule has 2 saturated heterocycles. The molecule has 7 rings (SSSR count). The van der Waals surface area contributed by atoms with E-state index in [1.54, 1.807) is 28.5 Å². The van der Waals surface area contributed by atoms with E-state index in [1.807, 2.05) is 94.7 Å². The molecule has 0 saturated carbocycles. The van der Waals surface area contributed by atoms with Crippen LogP contribution in [0.3, 0.4) is 0 Å². The van der Waals surface area contributed by atoms with Crippen LogP contribution in [0.5, 0.6) is 0 Å². The van der Waals surface area contributed by atoms with Gasteiger partial charge in [-0.1, -0.05) is 75.4 Å². The number of aromatic nitrogens is 3. The minimum atomic E-state index is -0.791. The lowest BCUT2D eigenvalue weighted by Gasteiger charge is -2.38. The van der Waals surface area contributed by atoms with E-state index in [9.17, 15) is 14.4 Å². The second-order valence-corrected chi connectivity index (χ2v) is 17.6. The van der Waals surface area contributed by atoms with Gasteiger partial charge < -0.3 is 31.3 Å². The van der Waals surface area contributed by atoms with Crippen LogP contribution >= 0.6 is 11.3 Å². The van der Waals surface area contributed by atoms with E-state index in [0.29, 0.717) is 43.8 Å². The molecule has 312 valence electrons. The Hall–Kier alpha value is -5.99. The number of allylic oxidation sites excluding steroid dienone is 2. The highest BCUT2D eigenvalue weighted by molar-refractivity contribution is 7.13. The summed E-state index contributed by atoms with van der Waals surface area (Å²) in [5, 5.41) is 31.0. The number of carbonyl (C=O) groups excluding carboxylic acids is 3. The van der Waals surface area contributed by atoms with Crippen LogP contribution in [0.4, 0.5) is 5.69 Å². The Morgan fingerprint density at radius 1 is 0.983 bits per heavy atom. The smallest absolute Gasteiger partial charge is 0.246 e. The number of carbonyl (C=O) groups is 3. The average Bonchev–Trinajstić information content (AvgIpc) is 4.03. The van der Waals surface area contributed by atoms with Crippen molar-refractivity contribution >= 4 is 63.1 Å². The maximum Gasteiger partial charge on any atom is 0.246 e. The van der Waals surface area contributed by atoms with E-state index in [-0.39, 0.29) is 30.3 Å².